The fourth-order valence-corrected chi connectivity index (χ4v) is 2.86. The number of hydrogen-bond acceptors (Lipinski definition) is 7. The Morgan fingerprint density at radius 3 is 2.36 bits per heavy atom. The number of nitrogens with zero attached hydrogens (tertiary/aromatic N) is 2. The Bertz CT molecular complexity index is 718. The van der Waals surface area contributed by atoms with Crippen molar-refractivity contribution < 1.29 is 23.7 Å². The molecule has 1 atom stereocenters. The van der Waals surface area contributed by atoms with Crippen molar-refractivity contribution in [2.24, 2.45) is 5.41 Å². The van der Waals surface area contributed by atoms with Crippen molar-refractivity contribution in [2.45, 2.75) is 32.5 Å². The highest BCUT2D eigenvalue weighted by atomic mass is 16.5. The van der Waals surface area contributed by atoms with Crippen LogP contribution in [-0.4, -0.2) is 32.9 Å². The molecule has 132 valence electrons. The Kier molecular flexibility index (Phi) is 5.84. The van der Waals surface area contributed by atoms with Crippen LogP contribution in [0.3, 0.4) is 0 Å². The maximum Gasteiger partial charge on any atom is 0.308 e. The number of hydrogen-bond donors (Lipinski definition) is 0. The van der Waals surface area contributed by atoms with Crippen LogP contribution in [0.4, 0.5) is 0 Å². The topological polar surface area (TPSA) is 102 Å². The van der Waals surface area contributed by atoms with Crippen LogP contribution in [0, 0.1) is 28.1 Å². The second-order valence-corrected chi connectivity index (χ2v) is 5.66. The van der Waals surface area contributed by atoms with Crippen molar-refractivity contribution in [1.82, 2.24) is 0 Å². The van der Waals surface area contributed by atoms with Crippen LogP contribution in [0.15, 0.2) is 12.1 Å². The minimum Gasteiger partial charge on any atom is -0.493 e. The first-order valence-electron chi connectivity index (χ1n) is 7.87. The first-order chi connectivity index (χ1) is 12.0. The molecule has 0 saturated heterocycles. The molecule has 0 spiro atoms. The monoisotopic (exact) mass is 344 g/mol. The van der Waals surface area contributed by atoms with Crippen molar-refractivity contribution in [2.75, 3.05) is 20.8 Å². The number of fused-ring (bicyclic) bond motifs is 1. The zero-order valence-corrected chi connectivity index (χ0v) is 14.5. The molecule has 0 saturated carbocycles. The van der Waals surface area contributed by atoms with Gasteiger partial charge in [-0.1, -0.05) is 0 Å². The molecule has 0 amide bonds. The van der Waals surface area contributed by atoms with Crippen molar-refractivity contribution in [1.29, 1.82) is 10.5 Å². The van der Waals surface area contributed by atoms with Crippen LogP contribution >= 0.6 is 0 Å². The average Bonchev–Trinajstić information content (AvgIpc) is 2.77. The van der Waals surface area contributed by atoms with E-state index in [0.717, 1.165) is 11.1 Å². The molecule has 1 aromatic rings. The highest BCUT2D eigenvalue weighted by Crippen LogP contribution is 2.39. The van der Waals surface area contributed by atoms with Gasteiger partial charge in [0.2, 0.25) is 0 Å². The maximum atomic E-state index is 11.9. The third-order valence-corrected chi connectivity index (χ3v) is 4.22. The smallest absolute Gasteiger partial charge is 0.308 e. The largest absolute Gasteiger partial charge is 0.493 e. The number of rotatable bonds is 5. The van der Waals surface area contributed by atoms with Gasteiger partial charge < -0.3 is 18.9 Å². The molecule has 0 fully saturated rings. The summed E-state index contributed by atoms with van der Waals surface area (Å²) >= 11 is 0. The Balaban J connectivity index is 2.43. The molecule has 0 N–H and O–H groups in total. The highest BCUT2D eigenvalue weighted by molar-refractivity contribution is 5.70. The van der Waals surface area contributed by atoms with Gasteiger partial charge in [-0.2, -0.15) is 10.5 Å². The van der Waals surface area contributed by atoms with E-state index in [1.807, 2.05) is 12.1 Å². The predicted molar refractivity (Wildman–Crippen MR) is 86.7 cm³/mol. The van der Waals surface area contributed by atoms with Crippen molar-refractivity contribution >= 4 is 5.97 Å². The summed E-state index contributed by atoms with van der Waals surface area (Å²) in [6.07, 6.45) is -0.914. The van der Waals surface area contributed by atoms with Crippen molar-refractivity contribution in [3.8, 4) is 23.6 Å². The number of ether oxygens (including phenoxy) is 4. The van der Waals surface area contributed by atoms with Crippen molar-refractivity contribution in [3.63, 3.8) is 0 Å². The Labute approximate surface area is 146 Å². The van der Waals surface area contributed by atoms with Gasteiger partial charge >= 0.3 is 5.97 Å². The molecular weight excluding hydrogens is 324 g/mol. The zero-order chi connectivity index (χ0) is 18.4. The summed E-state index contributed by atoms with van der Waals surface area (Å²) in [5, 5.41) is 19.3. The summed E-state index contributed by atoms with van der Waals surface area (Å²) in [5.74, 6) is 0.548. The fourth-order valence-electron chi connectivity index (χ4n) is 2.86. The van der Waals surface area contributed by atoms with Crippen LogP contribution in [0.1, 0.15) is 24.5 Å². The van der Waals surface area contributed by atoms with Crippen LogP contribution < -0.4 is 9.47 Å². The van der Waals surface area contributed by atoms with Crippen molar-refractivity contribution in [3.05, 3.63) is 23.3 Å². The molecule has 25 heavy (non-hydrogen) atoms. The molecule has 1 aliphatic rings. The molecule has 0 aromatic heterocycles. The Hall–Kier alpha value is -2.77. The number of methoxy groups -OCH3 is 2. The van der Waals surface area contributed by atoms with Gasteiger partial charge in [-0.25, -0.2) is 0 Å². The first kappa shape index (κ1) is 18.6. The second-order valence-electron chi connectivity index (χ2n) is 5.66. The predicted octanol–water partition coefficient (Wildman–Crippen LogP) is 2.13. The van der Waals surface area contributed by atoms with Crippen LogP contribution in [-0.2, 0) is 27.3 Å². The molecule has 0 aliphatic carbocycles. The third-order valence-electron chi connectivity index (χ3n) is 4.22. The molecule has 1 heterocycles. The summed E-state index contributed by atoms with van der Waals surface area (Å²) in [4.78, 5) is 11.9. The van der Waals surface area contributed by atoms with E-state index in [1.165, 1.54) is 14.2 Å². The van der Waals surface area contributed by atoms with E-state index in [4.69, 9.17) is 18.9 Å². The fraction of sp³-hybridized carbons (Fsp3) is 0.500. The van der Waals surface area contributed by atoms with E-state index in [2.05, 4.69) is 0 Å². The molecule has 2 rings (SSSR count). The van der Waals surface area contributed by atoms with Gasteiger partial charge in [-0.3, -0.25) is 4.79 Å². The number of carbonyl (C=O) groups excluding carboxylic acids is 1. The molecule has 0 unspecified atom stereocenters. The van der Waals surface area contributed by atoms with E-state index in [9.17, 15) is 15.3 Å². The van der Waals surface area contributed by atoms with E-state index < -0.39 is 17.5 Å². The van der Waals surface area contributed by atoms with E-state index in [-0.39, 0.29) is 26.1 Å². The molecule has 7 nitrogen and oxygen atoms in total. The lowest BCUT2D eigenvalue weighted by Crippen LogP contribution is -2.37. The third kappa shape index (κ3) is 3.67. The summed E-state index contributed by atoms with van der Waals surface area (Å²) in [6, 6.07) is 7.60. The van der Waals surface area contributed by atoms with Crippen LogP contribution in [0.2, 0.25) is 0 Å². The minimum absolute atomic E-state index is 0.125. The zero-order valence-electron chi connectivity index (χ0n) is 14.5. The molecule has 7 heteroatoms. The normalized spacial score (nSPS) is 18.0. The second kappa shape index (κ2) is 7.87. The van der Waals surface area contributed by atoms with Crippen LogP contribution in [0.5, 0.6) is 11.5 Å². The lowest BCUT2D eigenvalue weighted by Gasteiger charge is -2.26. The van der Waals surface area contributed by atoms with E-state index >= 15 is 0 Å². The number of esters is 1. The quantitative estimate of drug-likeness (QED) is 0.754. The number of nitriles is 2. The first-order valence-corrected chi connectivity index (χ1v) is 7.87. The molecule has 1 aromatic carbocycles. The SMILES string of the molecule is CCOC(=O)C[C@H]1OCc2cc(OC)c(OC)cc2CC1(C#N)C#N. The number of benzene rings is 1. The van der Waals surface area contributed by atoms with Gasteiger partial charge in [0.25, 0.3) is 0 Å². The highest BCUT2D eigenvalue weighted by Gasteiger charge is 2.44. The summed E-state index contributed by atoms with van der Waals surface area (Å²) < 4.78 is 21.3. The molecular formula is C18H20N2O5. The average molecular weight is 344 g/mol. The summed E-state index contributed by atoms with van der Waals surface area (Å²) in [7, 11) is 3.04. The lowest BCUT2D eigenvalue weighted by molar-refractivity contribution is -0.148. The van der Waals surface area contributed by atoms with Gasteiger partial charge in [0.05, 0.1) is 46.0 Å². The molecule has 1 aliphatic heterocycles. The number of carbonyl (C=O) groups is 1. The molecule has 0 bridgehead atoms. The van der Waals surface area contributed by atoms with E-state index in [0.29, 0.717) is 11.5 Å². The standard InChI is InChI=1S/C18H20N2O5/c1-4-24-17(21)7-16-18(10-19,11-20)8-12-5-14(22-2)15(23-3)6-13(12)9-25-16/h5-6,16H,4,7-9H2,1-3H3/t16-/m1/s1. The summed E-state index contributed by atoms with van der Waals surface area (Å²) in [5.41, 5.74) is 0.0587. The molecule has 0 radical (unpaired) electrons. The minimum atomic E-state index is -1.49. The van der Waals surface area contributed by atoms with Gasteiger partial charge in [0.1, 0.15) is 6.10 Å². The van der Waals surface area contributed by atoms with Gasteiger partial charge in [0, 0.05) is 6.42 Å². The van der Waals surface area contributed by atoms with E-state index in [1.54, 1.807) is 19.1 Å². The van der Waals surface area contributed by atoms with Gasteiger partial charge in [-0.05, 0) is 30.2 Å². The van der Waals surface area contributed by atoms with Crippen LogP contribution in [0.25, 0.3) is 0 Å². The summed E-state index contributed by atoms with van der Waals surface area (Å²) in [6.45, 7) is 2.08. The van der Waals surface area contributed by atoms with Gasteiger partial charge in [-0.15, -0.1) is 0 Å². The lowest BCUT2D eigenvalue weighted by atomic mass is 9.78. The Morgan fingerprint density at radius 2 is 1.84 bits per heavy atom. The van der Waals surface area contributed by atoms with Gasteiger partial charge in [0.15, 0.2) is 16.9 Å². The maximum absolute atomic E-state index is 11.9. The Morgan fingerprint density at radius 1 is 1.24 bits per heavy atom.